The fourth-order valence-electron chi connectivity index (χ4n) is 2.81. The van der Waals surface area contributed by atoms with Gasteiger partial charge in [-0.25, -0.2) is 4.72 Å². The van der Waals surface area contributed by atoms with Crippen LogP contribution in [0, 0.1) is 5.92 Å². The zero-order valence-corrected chi connectivity index (χ0v) is 15.2. The van der Waals surface area contributed by atoms with E-state index < -0.39 is 22.1 Å². The maximum absolute atomic E-state index is 12.3. The number of nitrogens with one attached hydrogen (secondary N) is 1. The van der Waals surface area contributed by atoms with E-state index in [9.17, 15) is 13.2 Å². The van der Waals surface area contributed by atoms with Crippen LogP contribution in [0.15, 0.2) is 18.2 Å². The molecular formula is C16H24N2O6S. The van der Waals surface area contributed by atoms with Crippen LogP contribution in [0.2, 0.25) is 0 Å². The Labute approximate surface area is 147 Å². The molecule has 1 atom stereocenters. The summed E-state index contributed by atoms with van der Waals surface area (Å²) in [6.07, 6.45) is 1.54. The summed E-state index contributed by atoms with van der Waals surface area (Å²) in [6.45, 7) is 0.572. The minimum absolute atomic E-state index is 0.0149. The number of hydrogen-bond acceptors (Lipinski definition) is 5. The van der Waals surface area contributed by atoms with E-state index in [1.165, 1.54) is 4.31 Å². The van der Waals surface area contributed by atoms with Crippen molar-refractivity contribution < 1.29 is 27.8 Å². The monoisotopic (exact) mass is 372 g/mol. The third kappa shape index (κ3) is 5.07. The molecule has 0 aliphatic carbocycles. The first-order valence-electron chi connectivity index (χ1n) is 8.06. The maximum Gasteiger partial charge on any atom is 0.307 e. The van der Waals surface area contributed by atoms with Crippen LogP contribution in [0.5, 0.6) is 11.5 Å². The molecule has 0 bridgehead atoms. The Balaban J connectivity index is 1.93. The number of carbonyl (C=O) groups is 1. The molecule has 8 nitrogen and oxygen atoms in total. The van der Waals surface area contributed by atoms with Gasteiger partial charge in [-0.1, -0.05) is 6.07 Å². The van der Waals surface area contributed by atoms with E-state index in [1.807, 2.05) is 6.07 Å². The van der Waals surface area contributed by atoms with Crippen LogP contribution < -0.4 is 14.2 Å². The van der Waals surface area contributed by atoms with Crippen molar-refractivity contribution >= 4 is 16.2 Å². The first-order chi connectivity index (χ1) is 11.9. The molecule has 1 fully saturated rings. The number of rotatable bonds is 8. The second-order valence-electron chi connectivity index (χ2n) is 5.87. The van der Waals surface area contributed by atoms with Crippen LogP contribution in [0.1, 0.15) is 18.4 Å². The number of carboxylic acids is 1. The van der Waals surface area contributed by atoms with Crippen molar-refractivity contribution in [2.45, 2.75) is 19.3 Å². The van der Waals surface area contributed by atoms with E-state index in [0.29, 0.717) is 37.3 Å². The fourth-order valence-corrected chi connectivity index (χ4v) is 4.10. The molecule has 0 radical (unpaired) electrons. The van der Waals surface area contributed by atoms with Crippen molar-refractivity contribution in [2.75, 3.05) is 33.9 Å². The van der Waals surface area contributed by atoms with Gasteiger partial charge in [-0.05, 0) is 37.0 Å². The lowest BCUT2D eigenvalue weighted by Gasteiger charge is -2.29. The van der Waals surface area contributed by atoms with Crippen molar-refractivity contribution in [3.63, 3.8) is 0 Å². The van der Waals surface area contributed by atoms with E-state index >= 15 is 0 Å². The number of ether oxygens (including phenoxy) is 2. The average Bonchev–Trinajstić information content (AvgIpc) is 2.61. The van der Waals surface area contributed by atoms with Gasteiger partial charge >= 0.3 is 5.97 Å². The van der Waals surface area contributed by atoms with Gasteiger partial charge < -0.3 is 14.6 Å². The van der Waals surface area contributed by atoms with Gasteiger partial charge in [0.1, 0.15) is 0 Å². The quantitative estimate of drug-likeness (QED) is 0.702. The highest BCUT2D eigenvalue weighted by Crippen LogP contribution is 2.27. The number of benzene rings is 1. The SMILES string of the molecule is COc1ccc(CCNS(=O)(=O)N2CCCC(C(=O)O)C2)cc1OC. The highest BCUT2D eigenvalue weighted by molar-refractivity contribution is 7.87. The van der Waals surface area contributed by atoms with Crippen LogP contribution in [-0.2, 0) is 21.4 Å². The van der Waals surface area contributed by atoms with Crippen LogP contribution in [0.4, 0.5) is 0 Å². The molecule has 1 heterocycles. The summed E-state index contributed by atoms with van der Waals surface area (Å²) in [5.41, 5.74) is 0.905. The Morgan fingerprint density at radius 1 is 1.32 bits per heavy atom. The molecule has 25 heavy (non-hydrogen) atoms. The molecule has 0 spiro atoms. The van der Waals surface area contributed by atoms with E-state index in [1.54, 1.807) is 26.4 Å². The Kier molecular flexibility index (Phi) is 6.63. The second-order valence-corrected chi connectivity index (χ2v) is 7.63. The molecule has 2 N–H and O–H groups in total. The van der Waals surface area contributed by atoms with Gasteiger partial charge in [0.15, 0.2) is 11.5 Å². The number of aliphatic carboxylic acids is 1. The summed E-state index contributed by atoms with van der Waals surface area (Å²) in [4.78, 5) is 11.1. The van der Waals surface area contributed by atoms with Gasteiger partial charge in [0.2, 0.25) is 0 Å². The van der Waals surface area contributed by atoms with Gasteiger partial charge in [0, 0.05) is 19.6 Å². The van der Waals surface area contributed by atoms with Crippen LogP contribution in [0.25, 0.3) is 0 Å². The first-order valence-corrected chi connectivity index (χ1v) is 9.50. The zero-order valence-electron chi connectivity index (χ0n) is 14.4. The normalized spacial score (nSPS) is 18.7. The van der Waals surface area contributed by atoms with Crippen molar-refractivity contribution in [1.29, 1.82) is 0 Å². The van der Waals surface area contributed by atoms with Crippen LogP contribution in [-0.4, -0.2) is 57.7 Å². The number of methoxy groups -OCH3 is 2. The Morgan fingerprint density at radius 3 is 2.68 bits per heavy atom. The standard InChI is InChI=1S/C16H24N2O6S/c1-23-14-6-5-12(10-15(14)24-2)7-8-17-25(21,22)18-9-3-4-13(11-18)16(19)20/h5-6,10,13,17H,3-4,7-9,11H2,1-2H3,(H,19,20). The topological polar surface area (TPSA) is 105 Å². The molecule has 140 valence electrons. The van der Waals surface area contributed by atoms with Crippen molar-refractivity contribution in [1.82, 2.24) is 9.03 Å². The second kappa shape index (κ2) is 8.50. The van der Waals surface area contributed by atoms with Gasteiger partial charge in [0.25, 0.3) is 10.2 Å². The van der Waals surface area contributed by atoms with Gasteiger partial charge in [-0.2, -0.15) is 12.7 Å². The van der Waals surface area contributed by atoms with E-state index in [0.717, 1.165) is 5.56 Å². The number of carboxylic acid groups (broad SMARTS) is 1. The molecule has 1 saturated heterocycles. The fraction of sp³-hybridized carbons (Fsp3) is 0.562. The Bertz CT molecular complexity index is 707. The summed E-state index contributed by atoms with van der Waals surface area (Å²) in [7, 11) is -0.593. The molecule has 0 amide bonds. The molecule has 2 rings (SSSR count). The lowest BCUT2D eigenvalue weighted by atomic mass is 10.0. The summed E-state index contributed by atoms with van der Waals surface area (Å²) >= 11 is 0. The molecule has 1 aromatic carbocycles. The lowest BCUT2D eigenvalue weighted by molar-refractivity contribution is -0.142. The Morgan fingerprint density at radius 2 is 2.04 bits per heavy atom. The van der Waals surface area contributed by atoms with E-state index in [4.69, 9.17) is 14.6 Å². The largest absolute Gasteiger partial charge is 0.493 e. The molecule has 0 aromatic heterocycles. The van der Waals surface area contributed by atoms with Crippen molar-refractivity contribution in [2.24, 2.45) is 5.92 Å². The van der Waals surface area contributed by atoms with Crippen LogP contribution >= 0.6 is 0 Å². The van der Waals surface area contributed by atoms with Crippen LogP contribution in [0.3, 0.4) is 0 Å². The summed E-state index contributed by atoms with van der Waals surface area (Å²) in [5, 5.41) is 9.07. The highest BCUT2D eigenvalue weighted by atomic mass is 32.2. The third-order valence-corrected chi connectivity index (χ3v) is 5.80. The number of hydrogen-bond donors (Lipinski definition) is 2. The first kappa shape index (κ1) is 19.5. The molecule has 0 saturated carbocycles. The van der Waals surface area contributed by atoms with Crippen molar-refractivity contribution in [3.8, 4) is 11.5 Å². The minimum Gasteiger partial charge on any atom is -0.493 e. The predicted octanol–water partition coefficient (Wildman–Crippen LogP) is 0.877. The van der Waals surface area contributed by atoms with Gasteiger partial charge in [-0.15, -0.1) is 0 Å². The predicted molar refractivity (Wildman–Crippen MR) is 92.1 cm³/mol. The molecular weight excluding hydrogens is 348 g/mol. The minimum atomic E-state index is -3.68. The molecule has 9 heteroatoms. The molecule has 1 aliphatic heterocycles. The summed E-state index contributed by atoms with van der Waals surface area (Å²) in [6, 6.07) is 5.41. The summed E-state index contributed by atoms with van der Waals surface area (Å²) < 4.78 is 38.8. The average molecular weight is 372 g/mol. The van der Waals surface area contributed by atoms with E-state index in [-0.39, 0.29) is 13.1 Å². The highest BCUT2D eigenvalue weighted by Gasteiger charge is 2.31. The number of nitrogens with zero attached hydrogens (tertiary/aromatic N) is 1. The lowest BCUT2D eigenvalue weighted by Crippen LogP contribution is -2.47. The molecule has 1 aliphatic rings. The summed E-state index contributed by atoms with van der Waals surface area (Å²) in [5.74, 6) is -0.399. The molecule has 1 unspecified atom stereocenters. The maximum atomic E-state index is 12.3. The number of piperidine rings is 1. The third-order valence-electron chi connectivity index (χ3n) is 4.22. The smallest absolute Gasteiger partial charge is 0.307 e. The molecule has 1 aromatic rings. The Hall–Kier alpha value is -1.84. The van der Waals surface area contributed by atoms with Gasteiger partial charge in [0.05, 0.1) is 20.1 Å². The van der Waals surface area contributed by atoms with Gasteiger partial charge in [-0.3, -0.25) is 4.79 Å². The zero-order chi connectivity index (χ0) is 18.4. The van der Waals surface area contributed by atoms with E-state index in [2.05, 4.69) is 4.72 Å². The van der Waals surface area contributed by atoms with Crippen molar-refractivity contribution in [3.05, 3.63) is 23.8 Å².